The second-order valence-corrected chi connectivity index (χ2v) is 6.49. The Bertz CT molecular complexity index is 449. The van der Waals surface area contributed by atoms with E-state index in [-0.39, 0.29) is 0 Å². The maximum atomic E-state index is 13.0. The Morgan fingerprint density at radius 3 is 2.30 bits per heavy atom. The van der Waals surface area contributed by atoms with Crippen molar-refractivity contribution in [3.05, 3.63) is 42.0 Å². The van der Waals surface area contributed by atoms with Crippen LogP contribution < -0.4 is 0 Å². The van der Waals surface area contributed by atoms with Gasteiger partial charge in [0, 0.05) is 5.88 Å². The Balaban J connectivity index is 3.14. The number of halogens is 1. The molecule has 1 rings (SSSR count). The van der Waals surface area contributed by atoms with Crippen LogP contribution in [0.1, 0.15) is 32.3 Å². The SMILES string of the molecule is CCOP(=O)(OCC)/C(=C\CCCCl)c1ccccc1. The van der Waals surface area contributed by atoms with E-state index in [9.17, 15) is 4.57 Å². The van der Waals surface area contributed by atoms with Crippen molar-refractivity contribution in [2.24, 2.45) is 0 Å². The normalized spacial score (nSPS) is 12.7. The quantitative estimate of drug-likeness (QED) is 0.352. The number of rotatable bonds is 9. The first-order chi connectivity index (χ1) is 9.68. The summed E-state index contributed by atoms with van der Waals surface area (Å²) < 4.78 is 23.9. The standard InChI is InChI=1S/C15H22ClO3P/c1-3-18-20(17,19-4-2)15(12-8-9-13-16)14-10-6-5-7-11-14/h5-7,10-12H,3-4,8-9,13H2,1-2H3/b15-12-. The first kappa shape index (κ1) is 17.5. The van der Waals surface area contributed by atoms with Crippen molar-refractivity contribution in [3.63, 3.8) is 0 Å². The molecule has 0 aliphatic carbocycles. The molecule has 0 unspecified atom stereocenters. The van der Waals surface area contributed by atoms with Gasteiger partial charge in [-0.15, -0.1) is 11.6 Å². The maximum Gasteiger partial charge on any atom is 0.361 e. The van der Waals surface area contributed by atoms with Crippen molar-refractivity contribution in [3.8, 4) is 0 Å². The molecule has 0 spiro atoms. The maximum absolute atomic E-state index is 13.0. The Labute approximate surface area is 126 Å². The molecule has 3 nitrogen and oxygen atoms in total. The third-order valence-corrected chi connectivity index (χ3v) is 5.13. The van der Waals surface area contributed by atoms with Gasteiger partial charge < -0.3 is 9.05 Å². The Morgan fingerprint density at radius 1 is 1.20 bits per heavy atom. The van der Waals surface area contributed by atoms with Crippen LogP contribution in [0.3, 0.4) is 0 Å². The predicted octanol–water partition coefficient (Wildman–Crippen LogP) is 5.31. The molecule has 20 heavy (non-hydrogen) atoms. The monoisotopic (exact) mass is 316 g/mol. The van der Waals surface area contributed by atoms with Crippen molar-refractivity contribution in [1.29, 1.82) is 0 Å². The van der Waals surface area contributed by atoms with E-state index in [1.54, 1.807) is 0 Å². The number of alkyl halides is 1. The fraction of sp³-hybridized carbons (Fsp3) is 0.467. The van der Waals surface area contributed by atoms with Crippen molar-refractivity contribution in [2.45, 2.75) is 26.7 Å². The molecule has 0 N–H and O–H groups in total. The average Bonchev–Trinajstić information content (AvgIpc) is 2.45. The zero-order valence-electron chi connectivity index (χ0n) is 12.0. The van der Waals surface area contributed by atoms with Crippen LogP contribution in [0, 0.1) is 0 Å². The summed E-state index contributed by atoms with van der Waals surface area (Å²) in [4.78, 5) is 0. The van der Waals surface area contributed by atoms with Crippen molar-refractivity contribution < 1.29 is 13.6 Å². The van der Waals surface area contributed by atoms with Crippen molar-refractivity contribution >= 4 is 24.5 Å². The van der Waals surface area contributed by atoms with Crippen LogP contribution in [0.15, 0.2) is 36.4 Å². The van der Waals surface area contributed by atoms with E-state index in [1.165, 1.54) is 0 Å². The van der Waals surface area contributed by atoms with Crippen LogP contribution in [0.25, 0.3) is 5.31 Å². The lowest BCUT2D eigenvalue weighted by Crippen LogP contribution is -1.99. The molecule has 0 aromatic heterocycles. The van der Waals surface area contributed by atoms with E-state index >= 15 is 0 Å². The highest BCUT2D eigenvalue weighted by molar-refractivity contribution is 7.65. The Kier molecular flexibility index (Phi) is 8.16. The van der Waals surface area contributed by atoms with Gasteiger partial charge in [-0.3, -0.25) is 4.57 Å². The fourth-order valence-electron chi connectivity index (χ4n) is 1.83. The molecule has 0 aliphatic heterocycles. The van der Waals surface area contributed by atoms with Gasteiger partial charge in [-0.25, -0.2) is 0 Å². The third-order valence-electron chi connectivity index (χ3n) is 2.64. The summed E-state index contributed by atoms with van der Waals surface area (Å²) in [5.74, 6) is 0.576. The summed E-state index contributed by atoms with van der Waals surface area (Å²) in [6, 6.07) is 9.57. The molecule has 0 heterocycles. The van der Waals surface area contributed by atoms with Gasteiger partial charge in [0.05, 0.1) is 18.5 Å². The molecule has 0 bridgehead atoms. The van der Waals surface area contributed by atoms with E-state index in [1.807, 2.05) is 50.3 Å². The van der Waals surface area contributed by atoms with Crippen LogP contribution >= 0.6 is 19.2 Å². The van der Waals surface area contributed by atoms with Crippen LogP contribution in [0.5, 0.6) is 0 Å². The smallest absolute Gasteiger partial charge is 0.305 e. The number of benzene rings is 1. The molecular weight excluding hydrogens is 295 g/mol. The van der Waals surface area contributed by atoms with E-state index in [4.69, 9.17) is 20.6 Å². The van der Waals surface area contributed by atoms with E-state index in [2.05, 4.69) is 0 Å². The lowest BCUT2D eigenvalue weighted by molar-refractivity contribution is 0.230. The van der Waals surface area contributed by atoms with Crippen LogP contribution in [-0.2, 0) is 13.6 Å². The van der Waals surface area contributed by atoms with Crippen LogP contribution in [0.2, 0.25) is 0 Å². The summed E-state index contributed by atoms with van der Waals surface area (Å²) in [5.41, 5.74) is 0.868. The van der Waals surface area contributed by atoms with Gasteiger partial charge >= 0.3 is 7.60 Å². The number of unbranched alkanes of at least 4 members (excludes halogenated alkanes) is 1. The van der Waals surface area contributed by atoms with Gasteiger partial charge in [0.1, 0.15) is 0 Å². The number of hydrogen-bond acceptors (Lipinski definition) is 3. The van der Waals surface area contributed by atoms with Crippen LogP contribution in [-0.4, -0.2) is 19.1 Å². The van der Waals surface area contributed by atoms with Crippen LogP contribution in [0.4, 0.5) is 0 Å². The Hall–Kier alpha value is -0.600. The molecule has 0 fully saturated rings. The third kappa shape index (κ3) is 5.06. The lowest BCUT2D eigenvalue weighted by atomic mass is 10.2. The predicted molar refractivity (Wildman–Crippen MR) is 85.2 cm³/mol. The lowest BCUT2D eigenvalue weighted by Gasteiger charge is -2.20. The zero-order valence-corrected chi connectivity index (χ0v) is 13.7. The molecule has 0 aliphatic rings. The van der Waals surface area contributed by atoms with Gasteiger partial charge in [0.15, 0.2) is 0 Å². The molecule has 1 aromatic rings. The van der Waals surface area contributed by atoms with Gasteiger partial charge in [0.2, 0.25) is 0 Å². The highest BCUT2D eigenvalue weighted by Crippen LogP contribution is 2.60. The first-order valence-corrected chi connectivity index (χ1v) is 8.96. The van der Waals surface area contributed by atoms with Gasteiger partial charge in [-0.2, -0.15) is 0 Å². The first-order valence-electron chi connectivity index (χ1n) is 6.89. The van der Waals surface area contributed by atoms with Crippen molar-refractivity contribution in [2.75, 3.05) is 19.1 Å². The minimum Gasteiger partial charge on any atom is -0.305 e. The van der Waals surface area contributed by atoms with Gasteiger partial charge in [0.25, 0.3) is 0 Å². The second kappa shape index (κ2) is 9.36. The molecular formula is C15H22ClO3P. The van der Waals surface area contributed by atoms with E-state index in [0.29, 0.717) is 24.4 Å². The fourth-order valence-corrected chi connectivity index (χ4v) is 3.83. The van der Waals surface area contributed by atoms with Gasteiger partial charge in [-0.05, 0) is 32.3 Å². The summed E-state index contributed by atoms with van der Waals surface area (Å²) in [6.45, 7) is 4.31. The van der Waals surface area contributed by atoms with Crippen molar-refractivity contribution in [1.82, 2.24) is 0 Å². The molecule has 0 saturated carbocycles. The number of allylic oxidation sites excluding steroid dienone is 1. The summed E-state index contributed by atoms with van der Waals surface area (Å²) >= 11 is 5.71. The molecule has 0 saturated heterocycles. The highest BCUT2D eigenvalue weighted by Gasteiger charge is 2.30. The largest absolute Gasteiger partial charge is 0.361 e. The van der Waals surface area contributed by atoms with Gasteiger partial charge in [-0.1, -0.05) is 36.4 Å². The molecule has 0 atom stereocenters. The zero-order chi connectivity index (χ0) is 14.8. The number of hydrogen-bond donors (Lipinski definition) is 0. The van der Waals surface area contributed by atoms with E-state index < -0.39 is 7.60 Å². The minimum atomic E-state index is -3.27. The minimum absolute atomic E-state index is 0.344. The summed E-state index contributed by atoms with van der Waals surface area (Å²) in [7, 11) is -3.27. The average molecular weight is 317 g/mol. The summed E-state index contributed by atoms with van der Waals surface area (Å²) in [6.07, 6.45) is 3.50. The second-order valence-electron chi connectivity index (χ2n) is 4.12. The molecule has 1 aromatic carbocycles. The molecule has 0 amide bonds. The topological polar surface area (TPSA) is 35.5 Å². The molecule has 112 valence electrons. The molecule has 5 heteroatoms. The Morgan fingerprint density at radius 2 is 1.80 bits per heavy atom. The van der Waals surface area contributed by atoms with E-state index in [0.717, 1.165) is 18.4 Å². The molecule has 0 radical (unpaired) electrons. The highest BCUT2D eigenvalue weighted by atomic mass is 35.5. The summed E-state index contributed by atoms with van der Waals surface area (Å²) in [5, 5.41) is 0.631.